The molecule has 4 heterocycles. The summed E-state index contributed by atoms with van der Waals surface area (Å²) in [5.41, 5.74) is 2.63. The Hall–Kier alpha value is -3.68. The van der Waals surface area contributed by atoms with Gasteiger partial charge in [0.15, 0.2) is 6.19 Å². The Morgan fingerprint density at radius 2 is 1.92 bits per heavy atom. The summed E-state index contributed by atoms with van der Waals surface area (Å²) in [6.07, 6.45) is 4.29. The van der Waals surface area contributed by atoms with Crippen LogP contribution in [0.4, 0.5) is 10.5 Å². The lowest BCUT2D eigenvalue weighted by Gasteiger charge is -2.46. The molecule has 2 aromatic carbocycles. The molecule has 4 aliphatic rings. The van der Waals surface area contributed by atoms with Crippen LogP contribution in [0.5, 0.6) is 11.5 Å². The highest BCUT2D eigenvalue weighted by atomic mass is 32.2. The summed E-state index contributed by atoms with van der Waals surface area (Å²) in [6, 6.07) is 15.2. The molecule has 0 aromatic heterocycles. The van der Waals surface area contributed by atoms with Gasteiger partial charge in [-0.25, -0.2) is 4.79 Å². The second-order valence-corrected chi connectivity index (χ2v) is 11.3. The van der Waals surface area contributed by atoms with E-state index in [0.29, 0.717) is 25.9 Å². The molecule has 0 aliphatic carbocycles. The number of aryl methyl sites for hydroxylation is 1. The fourth-order valence-corrected chi connectivity index (χ4v) is 7.26. The van der Waals surface area contributed by atoms with E-state index in [1.807, 2.05) is 60.4 Å². The molecular formula is C28H30N6O3S. The molecule has 2 aromatic rings. The number of nitrogens with zero attached hydrogens (tertiary/aromatic N) is 3. The lowest BCUT2D eigenvalue weighted by Crippen LogP contribution is -2.62. The Morgan fingerprint density at radius 1 is 1.13 bits per heavy atom. The molecule has 4 aliphatic heterocycles. The maximum absolute atomic E-state index is 13.5. The number of carbonyl (C=O) groups is 2. The minimum Gasteiger partial charge on any atom is -0.457 e. The largest absolute Gasteiger partial charge is 0.457 e. The van der Waals surface area contributed by atoms with Crippen molar-refractivity contribution >= 4 is 29.4 Å². The predicted octanol–water partition coefficient (Wildman–Crippen LogP) is 3.85. The zero-order chi connectivity index (χ0) is 26.2. The maximum Gasteiger partial charge on any atom is 0.326 e. The van der Waals surface area contributed by atoms with Crippen molar-refractivity contribution < 1.29 is 14.3 Å². The van der Waals surface area contributed by atoms with E-state index in [0.717, 1.165) is 46.4 Å². The molecule has 9 nitrogen and oxygen atoms in total. The summed E-state index contributed by atoms with van der Waals surface area (Å²) in [4.78, 5) is 30.2. The van der Waals surface area contributed by atoms with Crippen molar-refractivity contribution in [2.75, 3.05) is 24.5 Å². The van der Waals surface area contributed by atoms with Gasteiger partial charge in [0.1, 0.15) is 11.5 Å². The quantitative estimate of drug-likeness (QED) is 0.504. The van der Waals surface area contributed by atoms with Crippen LogP contribution in [0.3, 0.4) is 0 Å². The third-order valence-electron chi connectivity index (χ3n) is 7.79. The first-order valence-corrected chi connectivity index (χ1v) is 13.9. The van der Waals surface area contributed by atoms with E-state index in [2.05, 4.69) is 22.1 Å². The number of hydrogen-bond donors (Lipinski definition) is 3. The predicted molar refractivity (Wildman–Crippen MR) is 145 cm³/mol. The van der Waals surface area contributed by atoms with E-state index in [1.54, 1.807) is 16.7 Å². The van der Waals surface area contributed by atoms with Gasteiger partial charge >= 0.3 is 6.03 Å². The lowest BCUT2D eigenvalue weighted by molar-refractivity contribution is -0.125. The number of para-hydroxylation sites is 1. The van der Waals surface area contributed by atoms with Crippen molar-refractivity contribution in [3.8, 4) is 17.7 Å². The molecule has 0 saturated carbocycles. The third-order valence-corrected chi connectivity index (χ3v) is 9.06. The van der Waals surface area contributed by atoms with Crippen LogP contribution in [-0.2, 0) is 4.79 Å². The van der Waals surface area contributed by atoms with E-state index in [4.69, 9.17) is 10.00 Å². The van der Waals surface area contributed by atoms with E-state index < -0.39 is 0 Å². The average Bonchev–Trinajstić information content (AvgIpc) is 3.28. The molecule has 3 fully saturated rings. The fourth-order valence-electron chi connectivity index (χ4n) is 5.86. The number of hydrogen-bond acceptors (Lipinski definition) is 7. The molecule has 38 heavy (non-hydrogen) atoms. The van der Waals surface area contributed by atoms with Crippen molar-refractivity contribution in [2.24, 2.45) is 11.8 Å². The summed E-state index contributed by atoms with van der Waals surface area (Å²) in [7, 11) is 0. The zero-order valence-electron chi connectivity index (χ0n) is 21.1. The number of nitrogens with one attached hydrogen (secondary N) is 3. The molecule has 3 amide bonds. The Kier molecular flexibility index (Phi) is 6.64. The van der Waals surface area contributed by atoms with Crippen LogP contribution < -0.4 is 25.6 Å². The standard InChI is InChI=1S/C28H30N6O3S/c1-17-15-20(37-19-5-3-2-4-6-19)7-8-21(17)34-22-9-12-30-26-23(22)24(31-28(34)36)27(38-26)32-25(35)18-10-13-33(16-29)14-11-18/h2-8,15,18,22-23,26,30H,9-14H2,1H3,(H,31,36)(H,32,35). The first-order valence-electron chi connectivity index (χ1n) is 13.1. The van der Waals surface area contributed by atoms with Crippen LogP contribution >= 0.6 is 11.8 Å². The normalized spacial score (nSPS) is 24.9. The summed E-state index contributed by atoms with van der Waals surface area (Å²) in [6.45, 7) is 3.99. The smallest absolute Gasteiger partial charge is 0.326 e. The lowest BCUT2D eigenvalue weighted by atomic mass is 9.86. The maximum atomic E-state index is 13.5. The highest BCUT2D eigenvalue weighted by Gasteiger charge is 2.51. The number of rotatable bonds is 5. The Morgan fingerprint density at radius 3 is 2.66 bits per heavy atom. The van der Waals surface area contributed by atoms with Crippen molar-refractivity contribution in [3.05, 3.63) is 64.8 Å². The molecule has 0 bridgehead atoms. The summed E-state index contributed by atoms with van der Waals surface area (Å²) in [5.74, 6) is 1.37. The van der Waals surface area contributed by atoms with Gasteiger partial charge in [-0.15, -0.1) is 0 Å². The van der Waals surface area contributed by atoms with Crippen molar-refractivity contribution in [1.82, 2.24) is 20.9 Å². The number of ether oxygens (including phenoxy) is 1. The number of likely N-dealkylation sites (tertiary alicyclic amines) is 1. The SMILES string of the molecule is Cc1cc(Oc2ccccc2)ccc1N1C(=O)NC2=C(NC(=O)C3CCN(C#N)CC3)SC3NCCC1C23. The van der Waals surface area contributed by atoms with Crippen LogP contribution in [0.2, 0.25) is 0 Å². The summed E-state index contributed by atoms with van der Waals surface area (Å²) in [5, 5.41) is 19.7. The number of thioether (sulfide) groups is 1. The van der Waals surface area contributed by atoms with Gasteiger partial charge in [0.2, 0.25) is 5.91 Å². The number of anilines is 1. The highest BCUT2D eigenvalue weighted by molar-refractivity contribution is 8.03. The van der Waals surface area contributed by atoms with Gasteiger partial charge in [-0.05, 0) is 68.6 Å². The third kappa shape index (κ3) is 4.57. The minimum atomic E-state index is -0.182. The minimum absolute atomic E-state index is 0.0228. The highest BCUT2D eigenvalue weighted by Crippen LogP contribution is 2.47. The van der Waals surface area contributed by atoms with Crippen molar-refractivity contribution in [1.29, 1.82) is 5.26 Å². The van der Waals surface area contributed by atoms with E-state index in [-0.39, 0.29) is 35.2 Å². The zero-order valence-corrected chi connectivity index (χ0v) is 22.0. The van der Waals surface area contributed by atoms with Crippen molar-refractivity contribution in [3.63, 3.8) is 0 Å². The second-order valence-electron chi connectivity index (χ2n) is 10.1. The first-order chi connectivity index (χ1) is 18.5. The van der Waals surface area contributed by atoms with Gasteiger partial charge in [-0.1, -0.05) is 30.0 Å². The molecule has 0 spiro atoms. The molecule has 3 N–H and O–H groups in total. The molecule has 3 unspecified atom stereocenters. The van der Waals surface area contributed by atoms with Crippen molar-refractivity contribution in [2.45, 2.75) is 37.6 Å². The van der Waals surface area contributed by atoms with Gasteiger partial charge in [0.25, 0.3) is 0 Å². The molecule has 10 heteroatoms. The van der Waals surface area contributed by atoms with Crippen LogP contribution in [0.1, 0.15) is 24.8 Å². The van der Waals surface area contributed by atoms with Gasteiger partial charge in [-0.2, -0.15) is 5.26 Å². The van der Waals surface area contributed by atoms with Crippen LogP contribution in [0.25, 0.3) is 0 Å². The van der Waals surface area contributed by atoms with E-state index in [1.165, 1.54) is 0 Å². The first kappa shape index (κ1) is 24.6. The van der Waals surface area contributed by atoms with Gasteiger partial charge in [0, 0.05) is 30.6 Å². The number of nitriles is 1. The summed E-state index contributed by atoms with van der Waals surface area (Å²) < 4.78 is 5.99. The number of amides is 3. The topological polar surface area (TPSA) is 110 Å². The van der Waals surface area contributed by atoms with Gasteiger partial charge in [-0.3, -0.25) is 9.69 Å². The monoisotopic (exact) mass is 530 g/mol. The van der Waals surface area contributed by atoms with Crippen LogP contribution in [0, 0.1) is 30.2 Å². The number of benzene rings is 2. The second kappa shape index (κ2) is 10.2. The Labute approximate surface area is 226 Å². The van der Waals surface area contributed by atoms with Gasteiger partial charge < -0.3 is 25.6 Å². The number of piperidine rings is 2. The molecule has 196 valence electrons. The molecule has 3 atom stereocenters. The fraction of sp³-hybridized carbons (Fsp3) is 0.393. The van der Waals surface area contributed by atoms with Crippen LogP contribution in [-0.4, -0.2) is 47.9 Å². The van der Waals surface area contributed by atoms with Crippen LogP contribution in [0.15, 0.2) is 59.3 Å². The molecule has 0 radical (unpaired) electrons. The number of urea groups is 1. The summed E-state index contributed by atoms with van der Waals surface area (Å²) >= 11 is 1.59. The Bertz CT molecular complexity index is 1320. The number of carbonyl (C=O) groups excluding carboxylic acids is 2. The van der Waals surface area contributed by atoms with Gasteiger partial charge in [0.05, 0.1) is 22.1 Å². The average molecular weight is 531 g/mol. The Balaban J connectivity index is 1.21. The molecule has 3 saturated heterocycles. The van der Waals surface area contributed by atoms with E-state index >= 15 is 0 Å². The van der Waals surface area contributed by atoms with E-state index in [9.17, 15) is 9.59 Å². The molecule has 6 rings (SSSR count). The molecular weight excluding hydrogens is 500 g/mol.